The number of rotatable bonds is 6. The van der Waals surface area contributed by atoms with E-state index in [1.165, 1.54) is 19.3 Å². The van der Waals surface area contributed by atoms with E-state index in [9.17, 15) is 4.79 Å². The summed E-state index contributed by atoms with van der Waals surface area (Å²) in [4.78, 5) is 11.6. The van der Waals surface area contributed by atoms with Crippen LogP contribution in [0.2, 0.25) is 0 Å². The third-order valence-electron chi connectivity index (χ3n) is 3.07. The summed E-state index contributed by atoms with van der Waals surface area (Å²) in [5.74, 6) is 0.220. The van der Waals surface area contributed by atoms with Gasteiger partial charge in [0.15, 0.2) is 0 Å². The molecule has 3 heteroatoms. The van der Waals surface area contributed by atoms with Gasteiger partial charge < -0.3 is 10.6 Å². The number of unbranched alkanes of at least 4 members (excludes halogenated alkanes) is 3. The van der Waals surface area contributed by atoms with Crippen LogP contribution in [0.5, 0.6) is 0 Å². The molecule has 1 fully saturated rings. The van der Waals surface area contributed by atoms with Crippen LogP contribution in [0.25, 0.3) is 0 Å². The van der Waals surface area contributed by atoms with Gasteiger partial charge in [0.05, 0.1) is 5.54 Å². The van der Waals surface area contributed by atoms with Crippen molar-refractivity contribution < 1.29 is 4.79 Å². The van der Waals surface area contributed by atoms with Crippen molar-refractivity contribution >= 4 is 5.91 Å². The monoisotopic (exact) mass is 212 g/mol. The van der Waals surface area contributed by atoms with E-state index in [1.807, 2.05) is 0 Å². The lowest BCUT2D eigenvalue weighted by Crippen LogP contribution is -2.47. The first-order valence-electron chi connectivity index (χ1n) is 6.18. The molecule has 1 heterocycles. The summed E-state index contributed by atoms with van der Waals surface area (Å²) in [5.41, 5.74) is 0.00183. The highest BCUT2D eigenvalue weighted by molar-refractivity contribution is 5.76. The Bertz CT molecular complexity index is 198. The quantitative estimate of drug-likeness (QED) is 0.659. The fourth-order valence-corrected chi connectivity index (χ4v) is 2.04. The van der Waals surface area contributed by atoms with E-state index in [2.05, 4.69) is 24.5 Å². The Labute approximate surface area is 93.0 Å². The average Bonchev–Trinajstić information content (AvgIpc) is 2.59. The lowest BCUT2D eigenvalue weighted by atomic mass is 10.0. The van der Waals surface area contributed by atoms with Crippen molar-refractivity contribution in [2.75, 3.05) is 13.1 Å². The lowest BCUT2D eigenvalue weighted by Gasteiger charge is -2.24. The van der Waals surface area contributed by atoms with Crippen LogP contribution in [0.15, 0.2) is 0 Å². The zero-order chi connectivity index (χ0) is 11.1. The highest BCUT2D eigenvalue weighted by atomic mass is 16.1. The Morgan fingerprint density at radius 3 is 2.80 bits per heavy atom. The molecule has 88 valence electrons. The summed E-state index contributed by atoms with van der Waals surface area (Å²) >= 11 is 0. The maximum Gasteiger partial charge on any atom is 0.220 e. The molecule has 0 radical (unpaired) electrons. The van der Waals surface area contributed by atoms with Crippen molar-refractivity contribution in [2.45, 2.75) is 57.9 Å². The minimum absolute atomic E-state index is 0.00183. The van der Waals surface area contributed by atoms with Crippen LogP contribution in [0.3, 0.4) is 0 Å². The number of nitrogens with one attached hydrogen (secondary N) is 2. The second kappa shape index (κ2) is 6.11. The highest BCUT2D eigenvalue weighted by Crippen LogP contribution is 2.13. The Morgan fingerprint density at radius 2 is 2.20 bits per heavy atom. The van der Waals surface area contributed by atoms with Gasteiger partial charge in [0, 0.05) is 13.0 Å². The standard InChI is InChI=1S/C12H24N2O/c1-3-4-5-6-7-11(15)14-12(2)8-9-13-10-12/h13H,3-10H2,1-2H3,(H,14,15). The van der Waals surface area contributed by atoms with Gasteiger partial charge in [-0.05, 0) is 26.3 Å². The molecule has 0 aromatic rings. The van der Waals surface area contributed by atoms with E-state index in [1.54, 1.807) is 0 Å². The molecule has 15 heavy (non-hydrogen) atoms. The molecule has 1 aliphatic heterocycles. The molecule has 0 aromatic carbocycles. The van der Waals surface area contributed by atoms with E-state index in [0.717, 1.165) is 25.9 Å². The molecule has 0 aliphatic carbocycles. The minimum Gasteiger partial charge on any atom is -0.350 e. The van der Waals surface area contributed by atoms with Gasteiger partial charge >= 0.3 is 0 Å². The molecule has 1 saturated heterocycles. The van der Waals surface area contributed by atoms with E-state index in [4.69, 9.17) is 0 Å². The molecular formula is C12H24N2O. The summed E-state index contributed by atoms with van der Waals surface area (Å²) in [6, 6.07) is 0. The molecule has 0 saturated carbocycles. The van der Waals surface area contributed by atoms with Crippen molar-refractivity contribution in [2.24, 2.45) is 0 Å². The van der Waals surface area contributed by atoms with Crippen LogP contribution in [-0.2, 0) is 4.79 Å². The summed E-state index contributed by atoms with van der Waals surface area (Å²) < 4.78 is 0. The number of carbonyl (C=O) groups excluding carboxylic acids is 1. The van der Waals surface area contributed by atoms with Crippen molar-refractivity contribution in [1.82, 2.24) is 10.6 Å². The Morgan fingerprint density at radius 1 is 1.40 bits per heavy atom. The number of carbonyl (C=O) groups is 1. The molecule has 1 unspecified atom stereocenters. The first kappa shape index (κ1) is 12.5. The molecule has 1 atom stereocenters. The maximum atomic E-state index is 11.6. The van der Waals surface area contributed by atoms with Gasteiger partial charge in [0.1, 0.15) is 0 Å². The van der Waals surface area contributed by atoms with Crippen molar-refractivity contribution in [3.8, 4) is 0 Å². The third kappa shape index (κ3) is 4.65. The van der Waals surface area contributed by atoms with Gasteiger partial charge in [-0.2, -0.15) is 0 Å². The SMILES string of the molecule is CCCCCCC(=O)NC1(C)CCNC1. The van der Waals surface area contributed by atoms with Gasteiger partial charge in [-0.1, -0.05) is 26.2 Å². The smallest absolute Gasteiger partial charge is 0.220 e. The predicted molar refractivity (Wildman–Crippen MR) is 62.8 cm³/mol. The molecule has 2 N–H and O–H groups in total. The van der Waals surface area contributed by atoms with Crippen molar-refractivity contribution in [3.63, 3.8) is 0 Å². The zero-order valence-electron chi connectivity index (χ0n) is 10.1. The summed E-state index contributed by atoms with van der Waals surface area (Å²) in [5, 5.41) is 6.41. The highest BCUT2D eigenvalue weighted by Gasteiger charge is 2.29. The van der Waals surface area contributed by atoms with Gasteiger partial charge in [0.25, 0.3) is 0 Å². The topological polar surface area (TPSA) is 41.1 Å². The first-order chi connectivity index (χ1) is 7.16. The normalized spacial score (nSPS) is 25.5. The zero-order valence-corrected chi connectivity index (χ0v) is 10.1. The van der Waals surface area contributed by atoms with Gasteiger partial charge in [-0.15, -0.1) is 0 Å². The Hall–Kier alpha value is -0.570. The molecule has 3 nitrogen and oxygen atoms in total. The second-order valence-corrected chi connectivity index (χ2v) is 4.85. The summed E-state index contributed by atoms with van der Waals surface area (Å²) in [6.07, 6.45) is 6.42. The van der Waals surface area contributed by atoms with Crippen LogP contribution in [0.1, 0.15) is 52.4 Å². The van der Waals surface area contributed by atoms with Crippen molar-refractivity contribution in [3.05, 3.63) is 0 Å². The molecule has 1 rings (SSSR count). The van der Waals surface area contributed by atoms with E-state index >= 15 is 0 Å². The minimum atomic E-state index is 0.00183. The predicted octanol–water partition coefficient (Wildman–Crippen LogP) is 1.82. The van der Waals surface area contributed by atoms with Crippen LogP contribution < -0.4 is 10.6 Å². The third-order valence-corrected chi connectivity index (χ3v) is 3.07. The average molecular weight is 212 g/mol. The molecule has 0 bridgehead atoms. The van der Waals surface area contributed by atoms with Gasteiger partial charge in [-0.3, -0.25) is 4.79 Å². The van der Waals surface area contributed by atoms with E-state index < -0.39 is 0 Å². The molecule has 0 aromatic heterocycles. The number of hydrogen-bond donors (Lipinski definition) is 2. The van der Waals surface area contributed by atoms with Gasteiger partial charge in [0.2, 0.25) is 5.91 Å². The first-order valence-corrected chi connectivity index (χ1v) is 6.18. The molecular weight excluding hydrogens is 188 g/mol. The fraction of sp³-hybridized carbons (Fsp3) is 0.917. The second-order valence-electron chi connectivity index (χ2n) is 4.85. The van der Waals surface area contributed by atoms with Gasteiger partial charge in [-0.25, -0.2) is 0 Å². The van der Waals surface area contributed by atoms with Crippen LogP contribution in [0.4, 0.5) is 0 Å². The maximum absolute atomic E-state index is 11.6. The van der Waals surface area contributed by atoms with Crippen LogP contribution in [0, 0.1) is 0 Å². The summed E-state index contributed by atoms with van der Waals surface area (Å²) in [7, 11) is 0. The molecule has 1 amide bonds. The lowest BCUT2D eigenvalue weighted by molar-refractivity contribution is -0.122. The van der Waals surface area contributed by atoms with Crippen LogP contribution in [-0.4, -0.2) is 24.5 Å². The molecule has 1 aliphatic rings. The Kier molecular flexibility index (Phi) is 5.09. The fourth-order valence-electron chi connectivity index (χ4n) is 2.04. The number of hydrogen-bond acceptors (Lipinski definition) is 2. The van der Waals surface area contributed by atoms with E-state index in [-0.39, 0.29) is 11.4 Å². The summed E-state index contributed by atoms with van der Waals surface area (Å²) in [6.45, 7) is 6.24. The van der Waals surface area contributed by atoms with E-state index in [0.29, 0.717) is 6.42 Å². The largest absolute Gasteiger partial charge is 0.350 e. The number of amides is 1. The van der Waals surface area contributed by atoms with Crippen LogP contribution >= 0.6 is 0 Å². The van der Waals surface area contributed by atoms with Crippen molar-refractivity contribution in [1.29, 1.82) is 0 Å². The Balaban J connectivity index is 2.12. The molecule has 0 spiro atoms.